The molecular formula is C26H21ClN2O5S. The van der Waals surface area contributed by atoms with E-state index in [0.29, 0.717) is 34.4 Å². The van der Waals surface area contributed by atoms with E-state index >= 15 is 0 Å². The number of carbonyl (C=O) groups excluding carboxylic acids is 3. The molecule has 1 N–H and O–H groups in total. The van der Waals surface area contributed by atoms with Gasteiger partial charge in [0.25, 0.3) is 11.1 Å². The van der Waals surface area contributed by atoms with Crippen LogP contribution >= 0.6 is 23.4 Å². The van der Waals surface area contributed by atoms with Gasteiger partial charge in [0, 0.05) is 10.7 Å². The van der Waals surface area contributed by atoms with Crippen LogP contribution in [-0.4, -0.2) is 35.6 Å². The van der Waals surface area contributed by atoms with Crippen LogP contribution in [0.4, 0.5) is 10.5 Å². The highest BCUT2D eigenvalue weighted by Crippen LogP contribution is 2.34. The first-order valence-corrected chi connectivity index (χ1v) is 11.8. The summed E-state index contributed by atoms with van der Waals surface area (Å²) in [6.07, 6.45) is 1.59. The molecule has 3 aromatic carbocycles. The number of hydrogen-bond acceptors (Lipinski definition) is 6. The lowest BCUT2D eigenvalue weighted by Crippen LogP contribution is -2.36. The van der Waals surface area contributed by atoms with Crippen molar-refractivity contribution in [2.24, 2.45) is 0 Å². The van der Waals surface area contributed by atoms with Crippen LogP contribution in [0.1, 0.15) is 11.1 Å². The fourth-order valence-corrected chi connectivity index (χ4v) is 4.39. The van der Waals surface area contributed by atoms with Gasteiger partial charge in [0.1, 0.15) is 13.2 Å². The molecule has 9 heteroatoms. The minimum Gasteiger partial charge on any atom is -0.493 e. The molecule has 3 amide bonds. The average Bonchev–Trinajstić information content (AvgIpc) is 3.11. The highest BCUT2D eigenvalue weighted by atomic mass is 35.5. The van der Waals surface area contributed by atoms with Crippen molar-refractivity contribution in [1.29, 1.82) is 0 Å². The summed E-state index contributed by atoms with van der Waals surface area (Å²) in [4.78, 5) is 38.6. The van der Waals surface area contributed by atoms with Crippen molar-refractivity contribution in [2.45, 2.75) is 6.61 Å². The van der Waals surface area contributed by atoms with Crippen LogP contribution in [0.2, 0.25) is 5.02 Å². The Balaban J connectivity index is 1.43. The largest absolute Gasteiger partial charge is 0.493 e. The second kappa shape index (κ2) is 11.1. The molecule has 1 fully saturated rings. The number of nitrogens with one attached hydrogen (secondary N) is 1. The van der Waals surface area contributed by atoms with Gasteiger partial charge in [-0.1, -0.05) is 48.0 Å². The first kappa shape index (κ1) is 24.4. The summed E-state index contributed by atoms with van der Waals surface area (Å²) < 4.78 is 11.3. The number of halogens is 1. The minimum atomic E-state index is -0.525. The van der Waals surface area contributed by atoms with Crippen molar-refractivity contribution >= 4 is 52.2 Å². The van der Waals surface area contributed by atoms with E-state index in [2.05, 4.69) is 5.32 Å². The van der Waals surface area contributed by atoms with E-state index in [9.17, 15) is 14.4 Å². The molecular weight excluding hydrogens is 488 g/mol. The maximum Gasteiger partial charge on any atom is 0.294 e. The molecule has 1 aliphatic rings. The standard InChI is InChI=1S/C26H21ClN2O5S/c1-33-22-13-17(10-11-21(22)34-16-18-6-5-7-19(27)12-18)14-23-25(31)29(26(32)35-23)15-24(30)28-20-8-3-2-4-9-20/h2-14H,15-16H2,1H3,(H,28,30)/b23-14-. The van der Waals surface area contributed by atoms with Crippen molar-refractivity contribution < 1.29 is 23.9 Å². The third-order valence-electron chi connectivity index (χ3n) is 5.00. The summed E-state index contributed by atoms with van der Waals surface area (Å²) in [5.41, 5.74) is 2.15. The average molecular weight is 509 g/mol. The molecule has 7 nitrogen and oxygen atoms in total. The summed E-state index contributed by atoms with van der Waals surface area (Å²) in [5, 5.41) is 2.79. The zero-order valence-corrected chi connectivity index (χ0v) is 20.3. The number of rotatable bonds is 8. The Morgan fingerprint density at radius 3 is 2.57 bits per heavy atom. The van der Waals surface area contributed by atoms with Crippen molar-refractivity contribution in [3.8, 4) is 11.5 Å². The molecule has 3 aromatic rings. The van der Waals surface area contributed by atoms with E-state index in [1.807, 2.05) is 24.3 Å². The van der Waals surface area contributed by atoms with E-state index in [0.717, 1.165) is 22.2 Å². The van der Waals surface area contributed by atoms with Crippen LogP contribution in [-0.2, 0) is 16.2 Å². The van der Waals surface area contributed by atoms with Crippen LogP contribution in [0.15, 0.2) is 77.7 Å². The van der Waals surface area contributed by atoms with Gasteiger partial charge in [0.15, 0.2) is 11.5 Å². The fourth-order valence-electron chi connectivity index (χ4n) is 3.33. The SMILES string of the molecule is COc1cc(/C=C2\SC(=O)N(CC(=O)Nc3ccccc3)C2=O)ccc1OCc1cccc(Cl)c1. The van der Waals surface area contributed by atoms with Gasteiger partial charge >= 0.3 is 0 Å². The van der Waals surface area contributed by atoms with Crippen LogP contribution in [0, 0.1) is 0 Å². The molecule has 0 unspecified atom stereocenters. The lowest BCUT2D eigenvalue weighted by molar-refractivity contribution is -0.127. The van der Waals surface area contributed by atoms with E-state index in [4.69, 9.17) is 21.1 Å². The molecule has 0 atom stereocenters. The maximum atomic E-state index is 12.8. The Hall–Kier alpha value is -3.75. The molecule has 178 valence electrons. The Morgan fingerprint density at radius 1 is 1.03 bits per heavy atom. The molecule has 35 heavy (non-hydrogen) atoms. The lowest BCUT2D eigenvalue weighted by Gasteiger charge is -2.12. The van der Waals surface area contributed by atoms with Crippen LogP contribution < -0.4 is 14.8 Å². The Bertz CT molecular complexity index is 1300. The van der Waals surface area contributed by atoms with Crippen molar-refractivity contribution in [2.75, 3.05) is 19.0 Å². The van der Waals surface area contributed by atoms with E-state index in [-0.39, 0.29) is 11.4 Å². The summed E-state index contributed by atoms with van der Waals surface area (Å²) in [7, 11) is 1.52. The van der Waals surface area contributed by atoms with Gasteiger partial charge < -0.3 is 14.8 Å². The van der Waals surface area contributed by atoms with E-state index in [1.165, 1.54) is 7.11 Å². The van der Waals surface area contributed by atoms with Gasteiger partial charge in [-0.25, -0.2) is 0 Å². The van der Waals surface area contributed by atoms with Gasteiger partial charge in [0.2, 0.25) is 5.91 Å². The number of thioether (sulfide) groups is 1. The van der Waals surface area contributed by atoms with Crippen molar-refractivity contribution in [1.82, 2.24) is 4.90 Å². The Labute approximate surface area is 211 Å². The Morgan fingerprint density at radius 2 is 1.83 bits per heavy atom. The minimum absolute atomic E-state index is 0.220. The van der Waals surface area contributed by atoms with E-state index in [1.54, 1.807) is 54.6 Å². The summed E-state index contributed by atoms with van der Waals surface area (Å²) >= 11 is 6.80. The van der Waals surface area contributed by atoms with Gasteiger partial charge in [0.05, 0.1) is 12.0 Å². The molecule has 0 radical (unpaired) electrons. The second-order valence-corrected chi connectivity index (χ2v) is 8.94. The molecule has 0 spiro atoms. The fraction of sp³-hybridized carbons (Fsp3) is 0.115. The molecule has 1 aliphatic heterocycles. The zero-order valence-electron chi connectivity index (χ0n) is 18.7. The predicted molar refractivity (Wildman–Crippen MR) is 137 cm³/mol. The molecule has 0 aliphatic carbocycles. The van der Waals surface area contributed by atoms with Crippen LogP contribution in [0.5, 0.6) is 11.5 Å². The topological polar surface area (TPSA) is 84.9 Å². The highest BCUT2D eigenvalue weighted by Gasteiger charge is 2.36. The van der Waals surface area contributed by atoms with Gasteiger partial charge in [-0.3, -0.25) is 19.3 Å². The molecule has 1 heterocycles. The molecule has 0 saturated carbocycles. The number of benzene rings is 3. The number of imide groups is 1. The highest BCUT2D eigenvalue weighted by molar-refractivity contribution is 8.18. The van der Waals surface area contributed by atoms with Crippen LogP contribution in [0.25, 0.3) is 6.08 Å². The Kier molecular flexibility index (Phi) is 7.74. The zero-order chi connectivity index (χ0) is 24.8. The quantitative estimate of drug-likeness (QED) is 0.398. The molecule has 1 saturated heterocycles. The monoisotopic (exact) mass is 508 g/mol. The third-order valence-corrected chi connectivity index (χ3v) is 6.14. The number of methoxy groups -OCH3 is 1. The van der Waals surface area contributed by atoms with E-state index < -0.39 is 17.1 Å². The molecule has 4 rings (SSSR count). The van der Waals surface area contributed by atoms with Gasteiger partial charge in [-0.2, -0.15) is 0 Å². The summed E-state index contributed by atoms with van der Waals surface area (Å²) in [5.74, 6) is 0.0173. The van der Waals surface area contributed by atoms with Crippen LogP contribution in [0.3, 0.4) is 0 Å². The number of amides is 3. The number of ether oxygens (including phenoxy) is 2. The predicted octanol–water partition coefficient (Wildman–Crippen LogP) is 5.60. The number of hydrogen-bond donors (Lipinski definition) is 1. The third kappa shape index (κ3) is 6.23. The normalized spacial score (nSPS) is 14.3. The first-order valence-electron chi connectivity index (χ1n) is 10.6. The number of carbonyl (C=O) groups is 3. The van der Waals surface area contributed by atoms with Crippen molar-refractivity contribution in [3.05, 3.63) is 93.9 Å². The molecule has 0 aromatic heterocycles. The number of para-hydroxylation sites is 1. The van der Waals surface area contributed by atoms with Gasteiger partial charge in [-0.15, -0.1) is 0 Å². The summed E-state index contributed by atoms with van der Waals surface area (Å²) in [6, 6.07) is 21.4. The number of nitrogens with zero attached hydrogens (tertiary/aromatic N) is 1. The lowest BCUT2D eigenvalue weighted by atomic mass is 10.1. The van der Waals surface area contributed by atoms with Gasteiger partial charge in [-0.05, 0) is 65.4 Å². The number of anilines is 1. The van der Waals surface area contributed by atoms with Crippen molar-refractivity contribution in [3.63, 3.8) is 0 Å². The first-order chi connectivity index (χ1) is 16.9. The summed E-state index contributed by atoms with van der Waals surface area (Å²) in [6.45, 7) is -0.0588. The molecule has 0 bridgehead atoms. The second-order valence-electron chi connectivity index (χ2n) is 7.51. The maximum absolute atomic E-state index is 12.8. The smallest absolute Gasteiger partial charge is 0.294 e.